The average Bonchev–Trinajstić information content (AvgIpc) is 2.89. The smallest absolute Gasteiger partial charge is 0.150 e. The fourth-order valence-electron chi connectivity index (χ4n) is 4.31. The number of ether oxygens (including phenoxy) is 1. The monoisotopic (exact) mass is 330 g/mol. The summed E-state index contributed by atoms with van der Waals surface area (Å²) in [4.78, 5) is 0. The number of nitrogens with zero attached hydrogens (tertiary/aromatic N) is 1. The van der Waals surface area contributed by atoms with Gasteiger partial charge in [0.1, 0.15) is 36.9 Å². The van der Waals surface area contributed by atoms with Crippen LogP contribution in [0.5, 0.6) is 11.5 Å². The third-order valence-electron chi connectivity index (χ3n) is 5.68. The zero-order valence-electron chi connectivity index (χ0n) is 15.6. The van der Waals surface area contributed by atoms with E-state index in [1.807, 2.05) is 6.07 Å². The van der Waals surface area contributed by atoms with Crippen LogP contribution in [0.25, 0.3) is 0 Å². The maximum absolute atomic E-state index is 10.7. The molecule has 2 heterocycles. The number of aryl methyl sites for hydroxylation is 1. The number of rotatable bonds is 6. The van der Waals surface area contributed by atoms with Crippen molar-refractivity contribution in [2.24, 2.45) is 5.92 Å². The molecule has 0 saturated carbocycles. The Hall–Kier alpha value is -1.51. The molecule has 0 saturated heterocycles. The molecule has 132 valence electrons. The number of hydrogen-bond acceptors (Lipinski definition) is 2. The molecule has 0 unspecified atom stereocenters. The first kappa shape index (κ1) is 17.3. The molecule has 3 rings (SSSR count). The number of phenols is 1. The van der Waals surface area contributed by atoms with Gasteiger partial charge in [0.2, 0.25) is 0 Å². The number of benzene rings is 1. The Bertz CT molecular complexity index is 633. The van der Waals surface area contributed by atoms with Crippen LogP contribution in [-0.4, -0.2) is 35.1 Å². The largest absolute Gasteiger partial charge is 0.507 e. The van der Waals surface area contributed by atoms with Crippen LogP contribution in [0.3, 0.4) is 0 Å². The molecule has 3 heteroatoms. The van der Waals surface area contributed by atoms with Crippen molar-refractivity contribution < 1.29 is 14.4 Å². The van der Waals surface area contributed by atoms with Gasteiger partial charge in [-0.25, -0.2) is 4.58 Å². The lowest BCUT2D eigenvalue weighted by Gasteiger charge is -2.39. The van der Waals surface area contributed by atoms with E-state index in [0.717, 1.165) is 24.3 Å². The molecular weight excluding hydrogens is 298 g/mol. The Kier molecular flexibility index (Phi) is 4.89. The SMILES string of the molecule is CCCCCCCc1cc(O)c2c(c1)OC(C)(C)[C@@H]1C[N+](C)=C[C@@H]21. The van der Waals surface area contributed by atoms with Gasteiger partial charge in [0.25, 0.3) is 0 Å². The van der Waals surface area contributed by atoms with Crippen LogP contribution >= 0.6 is 0 Å². The molecule has 0 aliphatic carbocycles. The number of aromatic hydroxyl groups is 1. The predicted octanol–water partition coefficient (Wildman–Crippen LogP) is 4.50. The first-order valence-electron chi connectivity index (χ1n) is 9.52. The number of phenolic OH excluding ortho intramolecular Hbond substituents is 1. The second-order valence-electron chi connectivity index (χ2n) is 8.12. The molecule has 2 atom stereocenters. The maximum atomic E-state index is 10.7. The van der Waals surface area contributed by atoms with Gasteiger partial charge in [-0.2, -0.15) is 0 Å². The van der Waals surface area contributed by atoms with Gasteiger partial charge in [0, 0.05) is 5.56 Å². The van der Waals surface area contributed by atoms with Crippen LogP contribution in [0.1, 0.15) is 69.9 Å². The zero-order chi connectivity index (χ0) is 17.3. The second kappa shape index (κ2) is 6.78. The van der Waals surface area contributed by atoms with E-state index in [1.54, 1.807) is 0 Å². The highest BCUT2D eigenvalue weighted by molar-refractivity contribution is 5.71. The normalized spacial score (nSPS) is 24.1. The minimum absolute atomic E-state index is 0.203. The Morgan fingerprint density at radius 1 is 1.21 bits per heavy atom. The molecule has 0 fully saturated rings. The highest BCUT2D eigenvalue weighted by Crippen LogP contribution is 2.49. The van der Waals surface area contributed by atoms with E-state index in [0.29, 0.717) is 11.7 Å². The minimum Gasteiger partial charge on any atom is -0.507 e. The van der Waals surface area contributed by atoms with E-state index >= 15 is 0 Å². The fraction of sp³-hybridized carbons (Fsp3) is 0.667. The average molecular weight is 330 g/mol. The molecule has 3 nitrogen and oxygen atoms in total. The summed E-state index contributed by atoms with van der Waals surface area (Å²) in [7, 11) is 2.11. The fourth-order valence-corrected chi connectivity index (χ4v) is 4.31. The predicted molar refractivity (Wildman–Crippen MR) is 98.6 cm³/mol. The topological polar surface area (TPSA) is 32.5 Å². The first-order chi connectivity index (χ1) is 11.4. The molecule has 0 amide bonds. The van der Waals surface area contributed by atoms with Crippen molar-refractivity contribution in [2.45, 2.75) is 70.8 Å². The van der Waals surface area contributed by atoms with Gasteiger partial charge in [0.15, 0.2) is 0 Å². The number of unbranched alkanes of at least 4 members (excludes halogenated alkanes) is 4. The summed E-state index contributed by atoms with van der Waals surface area (Å²) in [5.74, 6) is 1.94. The van der Waals surface area contributed by atoms with Crippen LogP contribution in [0.2, 0.25) is 0 Å². The Morgan fingerprint density at radius 3 is 2.71 bits per heavy atom. The van der Waals surface area contributed by atoms with Crippen LogP contribution in [0.4, 0.5) is 0 Å². The summed E-state index contributed by atoms with van der Waals surface area (Å²) in [6.45, 7) is 7.57. The van der Waals surface area contributed by atoms with Crippen molar-refractivity contribution in [3.05, 3.63) is 23.3 Å². The van der Waals surface area contributed by atoms with Crippen molar-refractivity contribution in [2.75, 3.05) is 13.6 Å². The first-order valence-corrected chi connectivity index (χ1v) is 9.52. The third kappa shape index (κ3) is 3.31. The highest BCUT2D eigenvalue weighted by atomic mass is 16.5. The summed E-state index contributed by atoms with van der Waals surface area (Å²) in [6.07, 6.45) is 9.62. The quantitative estimate of drug-likeness (QED) is 0.615. The molecule has 0 bridgehead atoms. The molecular formula is C21H32NO2+. The van der Waals surface area contributed by atoms with Crippen molar-refractivity contribution in [1.29, 1.82) is 0 Å². The highest BCUT2D eigenvalue weighted by Gasteiger charge is 2.50. The number of hydrogen-bond donors (Lipinski definition) is 1. The second-order valence-corrected chi connectivity index (χ2v) is 8.12. The van der Waals surface area contributed by atoms with Crippen molar-refractivity contribution in [3.8, 4) is 11.5 Å². The van der Waals surface area contributed by atoms with Crippen LogP contribution in [0.15, 0.2) is 12.1 Å². The molecule has 0 aromatic heterocycles. The van der Waals surface area contributed by atoms with Gasteiger partial charge >= 0.3 is 0 Å². The molecule has 1 aromatic carbocycles. The van der Waals surface area contributed by atoms with Gasteiger partial charge in [-0.1, -0.05) is 32.6 Å². The van der Waals surface area contributed by atoms with E-state index < -0.39 is 0 Å². The van der Waals surface area contributed by atoms with Gasteiger partial charge in [-0.15, -0.1) is 0 Å². The Labute approximate surface area is 146 Å². The van der Waals surface area contributed by atoms with Gasteiger partial charge in [-0.3, -0.25) is 0 Å². The molecule has 2 aliphatic heterocycles. The van der Waals surface area contributed by atoms with Gasteiger partial charge in [0.05, 0.1) is 11.8 Å². The van der Waals surface area contributed by atoms with E-state index in [9.17, 15) is 5.11 Å². The van der Waals surface area contributed by atoms with Gasteiger partial charge in [-0.05, 0) is 44.4 Å². The lowest BCUT2D eigenvalue weighted by Crippen LogP contribution is -2.45. The van der Waals surface area contributed by atoms with E-state index in [2.05, 4.69) is 44.7 Å². The molecule has 2 aliphatic rings. The van der Waals surface area contributed by atoms with E-state index in [1.165, 1.54) is 37.7 Å². The summed E-state index contributed by atoms with van der Waals surface area (Å²) in [5.41, 5.74) is 1.98. The summed E-state index contributed by atoms with van der Waals surface area (Å²) in [5, 5.41) is 10.7. The lowest BCUT2D eigenvalue weighted by atomic mass is 9.75. The van der Waals surface area contributed by atoms with Crippen LogP contribution in [-0.2, 0) is 6.42 Å². The van der Waals surface area contributed by atoms with Crippen molar-refractivity contribution >= 4 is 6.21 Å². The van der Waals surface area contributed by atoms with Crippen molar-refractivity contribution in [1.82, 2.24) is 0 Å². The lowest BCUT2D eigenvalue weighted by molar-refractivity contribution is -0.492. The number of fused-ring (bicyclic) bond motifs is 3. The Morgan fingerprint density at radius 2 is 1.96 bits per heavy atom. The molecule has 0 spiro atoms. The zero-order valence-corrected chi connectivity index (χ0v) is 15.6. The van der Waals surface area contributed by atoms with Crippen molar-refractivity contribution in [3.63, 3.8) is 0 Å². The summed E-state index contributed by atoms with van der Waals surface area (Å²) >= 11 is 0. The Balaban J connectivity index is 1.81. The minimum atomic E-state index is -0.203. The van der Waals surface area contributed by atoms with E-state index in [4.69, 9.17) is 4.74 Å². The molecule has 0 radical (unpaired) electrons. The molecule has 1 aromatic rings. The molecule has 24 heavy (non-hydrogen) atoms. The van der Waals surface area contributed by atoms with Gasteiger partial charge < -0.3 is 9.84 Å². The summed E-state index contributed by atoms with van der Waals surface area (Å²) in [6, 6.07) is 4.13. The molecule has 1 N–H and O–H groups in total. The summed E-state index contributed by atoms with van der Waals surface area (Å²) < 4.78 is 8.57. The van der Waals surface area contributed by atoms with E-state index in [-0.39, 0.29) is 11.5 Å². The maximum Gasteiger partial charge on any atom is 0.150 e. The standard InChI is InChI=1S/C21H31NO2/c1-5-6-7-8-9-10-15-11-18(23)20-16-13-22(4)14-17(16)21(2,3)24-19(20)12-15/h11-13,16-17H,5-10,14H2,1-4H3/p+1/t16-,17-/m1/s1. The van der Waals surface area contributed by atoms with Crippen LogP contribution in [0, 0.1) is 5.92 Å². The van der Waals surface area contributed by atoms with Crippen LogP contribution < -0.4 is 4.74 Å². The third-order valence-corrected chi connectivity index (χ3v) is 5.68.